The number of hydrogen-bond donors (Lipinski definition) is 0. The van der Waals surface area contributed by atoms with E-state index in [0.29, 0.717) is 0 Å². The summed E-state index contributed by atoms with van der Waals surface area (Å²) in [6.45, 7) is 5.67. The Morgan fingerprint density at radius 2 is 2.06 bits per heavy atom. The van der Waals surface area contributed by atoms with Gasteiger partial charge in [-0.2, -0.15) is 0 Å². The molecular weight excluding hydrogens is 208 g/mol. The second kappa shape index (κ2) is 5.21. The molecule has 0 saturated heterocycles. The predicted molar refractivity (Wildman–Crippen MR) is 74.1 cm³/mol. The van der Waals surface area contributed by atoms with Gasteiger partial charge in [-0.15, -0.1) is 0 Å². The standard InChI is InChI=1S/C15H14N2/c1-3-12(11-16-4-2)15-10-9-13-7-5-6-8-14(13)17-15/h3-11H,1H2,2H3/b12-11+,16-4?. The largest absolute Gasteiger partial charge is 0.269 e. The van der Waals surface area contributed by atoms with Gasteiger partial charge in [-0.05, 0) is 19.1 Å². The van der Waals surface area contributed by atoms with Gasteiger partial charge in [0.1, 0.15) is 0 Å². The third-order valence-corrected chi connectivity index (χ3v) is 2.48. The molecule has 2 rings (SSSR count). The summed E-state index contributed by atoms with van der Waals surface area (Å²) in [6, 6.07) is 12.1. The van der Waals surface area contributed by atoms with Crippen LogP contribution in [0.3, 0.4) is 0 Å². The summed E-state index contributed by atoms with van der Waals surface area (Å²) >= 11 is 0. The Kier molecular flexibility index (Phi) is 3.46. The summed E-state index contributed by atoms with van der Waals surface area (Å²) in [5.41, 5.74) is 2.80. The van der Waals surface area contributed by atoms with E-state index in [9.17, 15) is 0 Å². The van der Waals surface area contributed by atoms with Gasteiger partial charge in [0.05, 0.1) is 11.2 Å². The highest BCUT2D eigenvalue weighted by Crippen LogP contribution is 2.18. The topological polar surface area (TPSA) is 25.2 Å². The summed E-state index contributed by atoms with van der Waals surface area (Å²) < 4.78 is 0. The van der Waals surface area contributed by atoms with E-state index in [1.807, 2.05) is 37.3 Å². The molecule has 1 aromatic heterocycles. The lowest BCUT2D eigenvalue weighted by Gasteiger charge is -2.02. The monoisotopic (exact) mass is 222 g/mol. The molecule has 0 radical (unpaired) electrons. The van der Waals surface area contributed by atoms with Crippen LogP contribution < -0.4 is 0 Å². The van der Waals surface area contributed by atoms with E-state index in [4.69, 9.17) is 0 Å². The van der Waals surface area contributed by atoms with E-state index in [2.05, 4.69) is 22.6 Å². The van der Waals surface area contributed by atoms with Gasteiger partial charge in [0.2, 0.25) is 0 Å². The van der Waals surface area contributed by atoms with Gasteiger partial charge < -0.3 is 0 Å². The normalized spacial score (nSPS) is 12.2. The zero-order valence-corrected chi connectivity index (χ0v) is 9.80. The third-order valence-electron chi connectivity index (χ3n) is 2.48. The number of allylic oxidation sites excluding steroid dienone is 2. The molecule has 0 aliphatic heterocycles. The minimum absolute atomic E-state index is 0.893. The van der Waals surface area contributed by atoms with Crippen LogP contribution >= 0.6 is 0 Å². The van der Waals surface area contributed by atoms with Gasteiger partial charge >= 0.3 is 0 Å². The number of fused-ring (bicyclic) bond motifs is 1. The fourth-order valence-corrected chi connectivity index (χ4v) is 1.61. The maximum absolute atomic E-state index is 4.59. The Morgan fingerprint density at radius 1 is 1.24 bits per heavy atom. The van der Waals surface area contributed by atoms with Crippen molar-refractivity contribution in [2.75, 3.05) is 0 Å². The van der Waals surface area contributed by atoms with Crippen LogP contribution in [0.4, 0.5) is 0 Å². The second-order valence-corrected chi connectivity index (χ2v) is 3.59. The van der Waals surface area contributed by atoms with Crippen LogP contribution in [0.1, 0.15) is 12.6 Å². The smallest absolute Gasteiger partial charge is 0.0724 e. The number of nitrogens with zero attached hydrogens (tertiary/aromatic N) is 2. The van der Waals surface area contributed by atoms with Crippen LogP contribution in [0.15, 0.2) is 60.2 Å². The Bertz CT molecular complexity index is 595. The highest BCUT2D eigenvalue weighted by molar-refractivity contribution is 5.82. The molecule has 84 valence electrons. The number of benzene rings is 1. The molecular formula is C15H14N2. The molecule has 0 unspecified atom stereocenters. The van der Waals surface area contributed by atoms with E-state index >= 15 is 0 Å². The van der Waals surface area contributed by atoms with Gasteiger partial charge in [0.15, 0.2) is 0 Å². The quantitative estimate of drug-likeness (QED) is 0.572. The van der Waals surface area contributed by atoms with Gasteiger partial charge in [-0.25, -0.2) is 4.98 Å². The average molecular weight is 222 g/mol. The Labute approximate surface area is 101 Å². The molecule has 1 aromatic carbocycles. The minimum Gasteiger partial charge on any atom is -0.269 e. The van der Waals surface area contributed by atoms with Crippen molar-refractivity contribution >= 4 is 22.7 Å². The van der Waals surface area contributed by atoms with Crippen molar-refractivity contribution in [2.24, 2.45) is 4.99 Å². The number of aliphatic imine (C=N–C) groups is 1. The maximum Gasteiger partial charge on any atom is 0.0724 e. The van der Waals surface area contributed by atoms with Crippen molar-refractivity contribution in [2.45, 2.75) is 6.92 Å². The third kappa shape index (κ3) is 2.48. The molecule has 1 heterocycles. The van der Waals surface area contributed by atoms with Gasteiger partial charge in [0, 0.05) is 23.4 Å². The fourth-order valence-electron chi connectivity index (χ4n) is 1.61. The van der Waals surface area contributed by atoms with Crippen molar-refractivity contribution in [3.8, 4) is 0 Å². The first kappa shape index (κ1) is 11.3. The second-order valence-electron chi connectivity index (χ2n) is 3.59. The van der Waals surface area contributed by atoms with Crippen LogP contribution in [0.5, 0.6) is 0 Å². The SMILES string of the molecule is C=C/C(=C\N=CC)c1ccc2ccccc2n1. The lowest BCUT2D eigenvalue weighted by atomic mass is 10.1. The molecule has 0 aliphatic carbocycles. The number of pyridine rings is 1. The minimum atomic E-state index is 0.893. The number of rotatable bonds is 3. The summed E-state index contributed by atoms with van der Waals surface area (Å²) in [4.78, 5) is 8.69. The van der Waals surface area contributed by atoms with Crippen molar-refractivity contribution in [3.05, 3.63) is 60.9 Å². The lowest BCUT2D eigenvalue weighted by molar-refractivity contribution is 1.34. The molecule has 0 saturated carbocycles. The van der Waals surface area contributed by atoms with Crippen LogP contribution in [0.2, 0.25) is 0 Å². The van der Waals surface area contributed by atoms with E-state index < -0.39 is 0 Å². The van der Waals surface area contributed by atoms with Crippen molar-refractivity contribution in [1.29, 1.82) is 0 Å². The Balaban J connectivity index is 2.51. The molecule has 0 atom stereocenters. The highest BCUT2D eigenvalue weighted by Gasteiger charge is 2.00. The molecule has 0 N–H and O–H groups in total. The molecule has 0 spiro atoms. The molecule has 2 nitrogen and oxygen atoms in total. The lowest BCUT2D eigenvalue weighted by Crippen LogP contribution is -1.87. The number of para-hydroxylation sites is 1. The number of hydrogen-bond acceptors (Lipinski definition) is 2. The number of aromatic nitrogens is 1. The van der Waals surface area contributed by atoms with Crippen molar-refractivity contribution < 1.29 is 0 Å². The first-order chi connectivity index (χ1) is 8.35. The molecule has 0 amide bonds. The summed E-state index contributed by atoms with van der Waals surface area (Å²) in [5.74, 6) is 0. The van der Waals surface area contributed by atoms with Crippen LogP contribution in [-0.2, 0) is 0 Å². The molecule has 0 bridgehead atoms. The molecule has 0 aliphatic rings. The Morgan fingerprint density at radius 3 is 2.82 bits per heavy atom. The van der Waals surface area contributed by atoms with E-state index in [0.717, 1.165) is 22.2 Å². The molecule has 0 fully saturated rings. The van der Waals surface area contributed by atoms with Crippen LogP contribution in [-0.4, -0.2) is 11.2 Å². The summed E-state index contributed by atoms with van der Waals surface area (Å²) in [6.07, 6.45) is 5.28. The maximum atomic E-state index is 4.59. The van der Waals surface area contributed by atoms with Crippen LogP contribution in [0.25, 0.3) is 16.5 Å². The molecule has 2 heteroatoms. The predicted octanol–water partition coefficient (Wildman–Crippen LogP) is 3.85. The first-order valence-electron chi connectivity index (χ1n) is 5.51. The van der Waals surface area contributed by atoms with Gasteiger partial charge in [-0.1, -0.05) is 36.9 Å². The highest BCUT2D eigenvalue weighted by atomic mass is 14.7. The van der Waals surface area contributed by atoms with Crippen LogP contribution in [0, 0.1) is 0 Å². The molecule has 17 heavy (non-hydrogen) atoms. The van der Waals surface area contributed by atoms with Gasteiger partial charge in [-0.3, -0.25) is 4.99 Å². The van der Waals surface area contributed by atoms with E-state index in [1.54, 1.807) is 18.5 Å². The van der Waals surface area contributed by atoms with Crippen molar-refractivity contribution in [1.82, 2.24) is 4.98 Å². The average Bonchev–Trinajstić information content (AvgIpc) is 2.39. The first-order valence-corrected chi connectivity index (χ1v) is 5.51. The van der Waals surface area contributed by atoms with Gasteiger partial charge in [0.25, 0.3) is 0 Å². The zero-order valence-electron chi connectivity index (χ0n) is 9.80. The van der Waals surface area contributed by atoms with E-state index in [1.165, 1.54) is 0 Å². The summed E-state index contributed by atoms with van der Waals surface area (Å²) in [5, 5.41) is 1.14. The fraction of sp³-hybridized carbons (Fsp3) is 0.0667. The summed E-state index contributed by atoms with van der Waals surface area (Å²) in [7, 11) is 0. The zero-order chi connectivity index (χ0) is 12.1. The molecule has 2 aromatic rings. The van der Waals surface area contributed by atoms with Crippen molar-refractivity contribution in [3.63, 3.8) is 0 Å². The van der Waals surface area contributed by atoms with E-state index in [-0.39, 0.29) is 0 Å². The Hall–Kier alpha value is -2.22.